The number of benzene rings is 1. The zero-order chi connectivity index (χ0) is 11.7. The predicted molar refractivity (Wildman–Crippen MR) is 67.8 cm³/mol. The van der Waals surface area contributed by atoms with E-state index in [0.29, 0.717) is 6.04 Å². The fourth-order valence-corrected chi connectivity index (χ4v) is 2.88. The van der Waals surface area contributed by atoms with Crippen molar-refractivity contribution < 1.29 is 5.11 Å². The van der Waals surface area contributed by atoms with Crippen molar-refractivity contribution >= 4 is 10.9 Å². The van der Waals surface area contributed by atoms with Crippen LogP contribution >= 0.6 is 0 Å². The topological polar surface area (TPSA) is 38.1 Å². The smallest absolute Gasteiger partial charge is 0.0957 e. The van der Waals surface area contributed by atoms with Gasteiger partial charge in [-0.3, -0.25) is 4.68 Å². The molecule has 3 nitrogen and oxygen atoms in total. The van der Waals surface area contributed by atoms with Gasteiger partial charge >= 0.3 is 0 Å². The monoisotopic (exact) mass is 230 g/mol. The van der Waals surface area contributed by atoms with Crippen LogP contribution in [0.3, 0.4) is 0 Å². The number of para-hydroxylation sites is 1. The lowest BCUT2D eigenvalue weighted by Gasteiger charge is -2.22. The molecule has 1 aliphatic rings. The van der Waals surface area contributed by atoms with Crippen LogP contribution in [0.1, 0.15) is 43.8 Å². The molecule has 1 aromatic carbocycles. The van der Waals surface area contributed by atoms with Crippen molar-refractivity contribution in [2.24, 2.45) is 0 Å². The van der Waals surface area contributed by atoms with E-state index in [-0.39, 0.29) is 6.61 Å². The summed E-state index contributed by atoms with van der Waals surface area (Å²) < 4.78 is 2.14. The molecule has 0 atom stereocenters. The van der Waals surface area contributed by atoms with Crippen LogP contribution in [0.4, 0.5) is 0 Å². The summed E-state index contributed by atoms with van der Waals surface area (Å²) in [6.07, 6.45) is 6.39. The highest BCUT2D eigenvalue weighted by Crippen LogP contribution is 2.31. The zero-order valence-corrected chi connectivity index (χ0v) is 9.97. The Kier molecular flexibility index (Phi) is 2.85. The van der Waals surface area contributed by atoms with Crippen molar-refractivity contribution in [1.29, 1.82) is 0 Å². The SMILES string of the molecule is OCc1nn(C2CCCCC2)c2ccccc12. The number of aliphatic hydroxyl groups is 1. The Balaban J connectivity index is 2.08. The van der Waals surface area contributed by atoms with Crippen LogP contribution in [0, 0.1) is 0 Å². The lowest BCUT2D eigenvalue weighted by molar-refractivity contribution is 0.272. The first-order chi connectivity index (χ1) is 8.40. The Morgan fingerprint density at radius 1 is 1.18 bits per heavy atom. The van der Waals surface area contributed by atoms with Crippen molar-refractivity contribution in [2.75, 3.05) is 0 Å². The van der Waals surface area contributed by atoms with Gasteiger partial charge in [-0.05, 0) is 18.9 Å². The molecule has 1 N–H and O–H groups in total. The maximum absolute atomic E-state index is 9.37. The first-order valence-electron chi connectivity index (χ1n) is 6.47. The number of aromatic nitrogens is 2. The van der Waals surface area contributed by atoms with Crippen LogP contribution in [0.15, 0.2) is 24.3 Å². The third-order valence-electron chi connectivity index (χ3n) is 3.76. The quantitative estimate of drug-likeness (QED) is 0.861. The van der Waals surface area contributed by atoms with Gasteiger partial charge < -0.3 is 5.11 Å². The minimum absolute atomic E-state index is 0.0280. The van der Waals surface area contributed by atoms with Crippen LogP contribution in [0.5, 0.6) is 0 Å². The van der Waals surface area contributed by atoms with Gasteiger partial charge in [-0.25, -0.2) is 0 Å². The number of nitrogens with zero attached hydrogens (tertiary/aromatic N) is 2. The second kappa shape index (κ2) is 4.49. The number of hydrogen-bond acceptors (Lipinski definition) is 2. The molecule has 0 bridgehead atoms. The molecule has 0 spiro atoms. The second-order valence-electron chi connectivity index (χ2n) is 4.86. The van der Waals surface area contributed by atoms with Gasteiger partial charge in [-0.1, -0.05) is 37.5 Å². The molecule has 1 fully saturated rings. The highest BCUT2D eigenvalue weighted by molar-refractivity contribution is 5.81. The third-order valence-corrected chi connectivity index (χ3v) is 3.76. The van der Waals surface area contributed by atoms with Gasteiger partial charge in [0.05, 0.1) is 23.9 Å². The van der Waals surface area contributed by atoms with E-state index in [9.17, 15) is 5.11 Å². The summed E-state index contributed by atoms with van der Waals surface area (Å²) in [7, 11) is 0. The highest BCUT2D eigenvalue weighted by atomic mass is 16.3. The van der Waals surface area contributed by atoms with Gasteiger partial charge in [0.1, 0.15) is 0 Å². The molecule has 90 valence electrons. The maximum Gasteiger partial charge on any atom is 0.0957 e. The Labute approximate surface area is 101 Å². The van der Waals surface area contributed by atoms with Gasteiger partial charge in [0.2, 0.25) is 0 Å². The van der Waals surface area contributed by atoms with E-state index in [0.717, 1.165) is 11.1 Å². The molecule has 17 heavy (non-hydrogen) atoms. The Bertz CT molecular complexity index is 512. The van der Waals surface area contributed by atoms with Crippen molar-refractivity contribution in [1.82, 2.24) is 9.78 Å². The van der Waals surface area contributed by atoms with Crippen molar-refractivity contribution in [2.45, 2.75) is 44.8 Å². The lowest BCUT2D eigenvalue weighted by atomic mass is 9.95. The van der Waals surface area contributed by atoms with Crippen LogP contribution in [0.25, 0.3) is 10.9 Å². The lowest BCUT2D eigenvalue weighted by Crippen LogP contribution is -2.14. The van der Waals surface area contributed by atoms with Crippen molar-refractivity contribution in [3.63, 3.8) is 0 Å². The molecule has 0 saturated heterocycles. The minimum Gasteiger partial charge on any atom is -0.390 e. The van der Waals surface area contributed by atoms with Crippen LogP contribution < -0.4 is 0 Å². The first-order valence-corrected chi connectivity index (χ1v) is 6.47. The molecule has 2 aromatic rings. The predicted octanol–water partition coefficient (Wildman–Crippen LogP) is 3.03. The average Bonchev–Trinajstić information content (AvgIpc) is 2.78. The number of rotatable bonds is 2. The molecule has 1 heterocycles. The summed E-state index contributed by atoms with van der Waals surface area (Å²) in [4.78, 5) is 0. The van der Waals surface area contributed by atoms with Crippen LogP contribution in [0.2, 0.25) is 0 Å². The molecule has 1 aromatic heterocycles. The summed E-state index contributed by atoms with van der Waals surface area (Å²) in [5.41, 5.74) is 1.98. The number of fused-ring (bicyclic) bond motifs is 1. The van der Waals surface area contributed by atoms with Crippen LogP contribution in [-0.2, 0) is 6.61 Å². The van der Waals surface area contributed by atoms with E-state index in [1.807, 2.05) is 18.2 Å². The zero-order valence-electron chi connectivity index (χ0n) is 9.97. The summed E-state index contributed by atoms with van der Waals surface area (Å²) in [5.74, 6) is 0. The van der Waals surface area contributed by atoms with Crippen molar-refractivity contribution in [3.8, 4) is 0 Å². The van der Waals surface area contributed by atoms with E-state index in [2.05, 4.69) is 15.8 Å². The van der Waals surface area contributed by atoms with E-state index < -0.39 is 0 Å². The standard InChI is InChI=1S/C14H18N2O/c17-10-13-12-8-4-5-9-14(12)16(15-13)11-6-2-1-3-7-11/h4-5,8-9,11,17H,1-3,6-7,10H2. The molecule has 0 amide bonds. The van der Waals surface area contributed by atoms with E-state index in [4.69, 9.17) is 0 Å². The molecule has 3 heteroatoms. The van der Waals surface area contributed by atoms with E-state index >= 15 is 0 Å². The summed E-state index contributed by atoms with van der Waals surface area (Å²) in [6.45, 7) is 0.0280. The van der Waals surface area contributed by atoms with E-state index in [1.165, 1.54) is 37.6 Å². The summed E-state index contributed by atoms with van der Waals surface area (Å²) in [5, 5.41) is 15.1. The van der Waals surface area contributed by atoms with Gasteiger partial charge in [0, 0.05) is 5.39 Å². The highest BCUT2D eigenvalue weighted by Gasteiger charge is 2.19. The van der Waals surface area contributed by atoms with Crippen LogP contribution in [-0.4, -0.2) is 14.9 Å². The second-order valence-corrected chi connectivity index (χ2v) is 4.86. The van der Waals surface area contributed by atoms with Gasteiger partial charge in [-0.2, -0.15) is 5.10 Å². The largest absolute Gasteiger partial charge is 0.390 e. The Morgan fingerprint density at radius 2 is 1.94 bits per heavy atom. The van der Waals surface area contributed by atoms with Gasteiger partial charge in [-0.15, -0.1) is 0 Å². The molecular weight excluding hydrogens is 212 g/mol. The molecule has 0 radical (unpaired) electrons. The van der Waals surface area contributed by atoms with Crippen molar-refractivity contribution in [3.05, 3.63) is 30.0 Å². The first kappa shape index (κ1) is 10.8. The third kappa shape index (κ3) is 1.84. The Hall–Kier alpha value is -1.35. The summed E-state index contributed by atoms with van der Waals surface area (Å²) >= 11 is 0. The molecule has 1 saturated carbocycles. The number of hydrogen-bond donors (Lipinski definition) is 1. The molecule has 1 aliphatic carbocycles. The summed E-state index contributed by atoms with van der Waals surface area (Å²) in [6, 6.07) is 8.73. The minimum atomic E-state index is 0.0280. The molecular formula is C14H18N2O. The molecule has 3 rings (SSSR count). The fraction of sp³-hybridized carbons (Fsp3) is 0.500. The Morgan fingerprint density at radius 3 is 2.71 bits per heavy atom. The molecule has 0 unspecified atom stereocenters. The fourth-order valence-electron chi connectivity index (χ4n) is 2.88. The number of aliphatic hydroxyl groups excluding tert-OH is 1. The van der Waals surface area contributed by atoms with E-state index in [1.54, 1.807) is 0 Å². The van der Waals surface area contributed by atoms with Gasteiger partial charge in [0.15, 0.2) is 0 Å². The normalized spacial score (nSPS) is 17.7. The molecule has 0 aliphatic heterocycles. The maximum atomic E-state index is 9.37. The average molecular weight is 230 g/mol. The van der Waals surface area contributed by atoms with Gasteiger partial charge in [0.25, 0.3) is 0 Å².